The number of carbonyl (C=O) groups is 3. The van der Waals surface area contributed by atoms with E-state index in [9.17, 15) is 14.4 Å². The number of aromatic nitrogens is 3. The number of hydrogen-bond acceptors (Lipinski definition) is 9. The van der Waals surface area contributed by atoms with E-state index in [4.69, 9.17) is 10.5 Å². The van der Waals surface area contributed by atoms with Gasteiger partial charge in [0, 0.05) is 32.4 Å². The standard InChI is InChI=1S/C23H28N6O4S2/c1-12(2)33-22(32)17-13(3)18(19(24)31)35-21(17)25-16(30)11-34-23-27-26-20(29(23)6)14-7-9-15(10-8-14)28(4)5/h7-10,12H,11H2,1-6H3,(H2,24,31)(H,25,30). The van der Waals surface area contributed by atoms with E-state index in [0.717, 1.165) is 22.6 Å². The average molecular weight is 517 g/mol. The van der Waals surface area contributed by atoms with Crippen LogP contribution in [0.25, 0.3) is 11.4 Å². The highest BCUT2D eigenvalue weighted by molar-refractivity contribution is 7.99. The van der Waals surface area contributed by atoms with Gasteiger partial charge >= 0.3 is 5.97 Å². The molecule has 0 fully saturated rings. The van der Waals surface area contributed by atoms with E-state index in [0.29, 0.717) is 16.5 Å². The highest BCUT2D eigenvalue weighted by atomic mass is 32.2. The molecule has 1 aromatic carbocycles. The lowest BCUT2D eigenvalue weighted by atomic mass is 10.1. The molecule has 0 aliphatic carbocycles. The molecule has 0 spiro atoms. The van der Waals surface area contributed by atoms with Gasteiger partial charge in [-0.05, 0) is 50.6 Å². The third kappa shape index (κ3) is 6.01. The van der Waals surface area contributed by atoms with Crippen molar-refractivity contribution in [1.29, 1.82) is 0 Å². The first-order chi connectivity index (χ1) is 16.5. The summed E-state index contributed by atoms with van der Waals surface area (Å²) in [5.41, 5.74) is 7.93. The Labute approximate surface area is 211 Å². The van der Waals surface area contributed by atoms with Crippen molar-refractivity contribution in [2.45, 2.75) is 32.0 Å². The molecule has 35 heavy (non-hydrogen) atoms. The van der Waals surface area contributed by atoms with E-state index >= 15 is 0 Å². The van der Waals surface area contributed by atoms with Gasteiger partial charge in [0.05, 0.1) is 22.3 Å². The van der Waals surface area contributed by atoms with Crippen LogP contribution in [0, 0.1) is 6.92 Å². The lowest BCUT2D eigenvalue weighted by molar-refractivity contribution is -0.113. The van der Waals surface area contributed by atoms with Crippen LogP contribution in [0.15, 0.2) is 29.4 Å². The van der Waals surface area contributed by atoms with E-state index in [1.165, 1.54) is 11.8 Å². The van der Waals surface area contributed by atoms with Crippen LogP contribution in [0.2, 0.25) is 0 Å². The molecular formula is C23H28N6O4S2. The number of thioether (sulfide) groups is 1. The summed E-state index contributed by atoms with van der Waals surface area (Å²) in [5.74, 6) is -0.969. The van der Waals surface area contributed by atoms with Crippen LogP contribution in [0.4, 0.5) is 10.7 Å². The van der Waals surface area contributed by atoms with E-state index in [-0.39, 0.29) is 33.2 Å². The predicted octanol–water partition coefficient (Wildman–Crippen LogP) is 3.31. The zero-order chi connectivity index (χ0) is 25.9. The monoisotopic (exact) mass is 516 g/mol. The molecule has 3 N–H and O–H groups in total. The first-order valence-corrected chi connectivity index (χ1v) is 12.5. The van der Waals surface area contributed by atoms with Crippen LogP contribution in [0.5, 0.6) is 0 Å². The summed E-state index contributed by atoms with van der Waals surface area (Å²) in [6, 6.07) is 7.92. The third-order valence-electron chi connectivity index (χ3n) is 4.98. The van der Waals surface area contributed by atoms with Crippen molar-refractivity contribution in [2.75, 3.05) is 30.1 Å². The van der Waals surface area contributed by atoms with Gasteiger partial charge in [0.15, 0.2) is 11.0 Å². The Morgan fingerprint density at radius 1 is 1.20 bits per heavy atom. The molecule has 0 bridgehead atoms. The summed E-state index contributed by atoms with van der Waals surface area (Å²) >= 11 is 2.16. The number of esters is 1. The van der Waals surface area contributed by atoms with Crippen LogP contribution < -0.4 is 16.0 Å². The maximum atomic E-state index is 12.7. The molecule has 3 rings (SSSR count). The fourth-order valence-corrected chi connectivity index (χ4v) is 5.02. The minimum absolute atomic E-state index is 0.0209. The molecule has 0 unspecified atom stereocenters. The number of nitrogens with two attached hydrogens (primary N) is 1. The number of rotatable bonds is 9. The van der Waals surface area contributed by atoms with Crippen molar-refractivity contribution in [3.05, 3.63) is 40.3 Å². The summed E-state index contributed by atoms with van der Waals surface area (Å²) in [7, 11) is 5.77. The number of hydrogen-bond donors (Lipinski definition) is 2. The van der Waals surface area contributed by atoms with Gasteiger partial charge in [-0.15, -0.1) is 21.5 Å². The normalized spacial score (nSPS) is 10.9. The molecule has 2 amide bonds. The molecule has 186 valence electrons. The fourth-order valence-electron chi connectivity index (χ4n) is 3.25. The first-order valence-electron chi connectivity index (χ1n) is 10.7. The molecule has 3 aromatic rings. The van der Waals surface area contributed by atoms with Crippen molar-refractivity contribution in [2.24, 2.45) is 12.8 Å². The molecule has 12 heteroatoms. The lowest BCUT2D eigenvalue weighted by Gasteiger charge is -2.12. The van der Waals surface area contributed by atoms with E-state index in [2.05, 4.69) is 15.5 Å². The topological polar surface area (TPSA) is 132 Å². The molecule has 0 radical (unpaired) electrons. The fraction of sp³-hybridized carbons (Fsp3) is 0.348. The average Bonchev–Trinajstić information content (AvgIpc) is 3.31. The number of amides is 2. The zero-order valence-corrected chi connectivity index (χ0v) is 22.0. The third-order valence-corrected chi connectivity index (χ3v) is 7.22. The Morgan fingerprint density at radius 2 is 1.86 bits per heavy atom. The number of nitrogens with zero attached hydrogens (tertiary/aromatic N) is 4. The number of ether oxygens (including phenoxy) is 1. The molecule has 10 nitrogen and oxygen atoms in total. The molecule has 0 aliphatic heterocycles. The van der Waals surface area contributed by atoms with Gasteiger partial charge in [0.25, 0.3) is 5.91 Å². The van der Waals surface area contributed by atoms with Crippen molar-refractivity contribution < 1.29 is 19.1 Å². The number of benzene rings is 1. The van der Waals surface area contributed by atoms with Gasteiger partial charge in [-0.2, -0.15) is 0 Å². The predicted molar refractivity (Wildman–Crippen MR) is 138 cm³/mol. The minimum atomic E-state index is -0.675. The van der Waals surface area contributed by atoms with Gasteiger partial charge in [-0.25, -0.2) is 4.79 Å². The SMILES string of the molecule is Cc1c(C(N)=O)sc(NC(=O)CSc2nnc(-c3ccc(N(C)C)cc3)n2C)c1C(=O)OC(C)C. The highest BCUT2D eigenvalue weighted by Crippen LogP contribution is 2.34. The Morgan fingerprint density at radius 3 is 2.43 bits per heavy atom. The second-order valence-corrected chi connectivity index (χ2v) is 10.2. The molecule has 2 heterocycles. The number of anilines is 2. The Balaban J connectivity index is 1.73. The number of thiophene rings is 1. The lowest BCUT2D eigenvalue weighted by Crippen LogP contribution is -2.18. The van der Waals surface area contributed by atoms with Crippen molar-refractivity contribution in [3.63, 3.8) is 0 Å². The quantitative estimate of drug-likeness (QED) is 0.327. The maximum Gasteiger partial charge on any atom is 0.341 e. The first kappa shape index (κ1) is 26.2. The summed E-state index contributed by atoms with van der Waals surface area (Å²) in [5, 5.41) is 12.0. The Kier molecular flexibility index (Phi) is 8.18. The van der Waals surface area contributed by atoms with Crippen molar-refractivity contribution in [3.8, 4) is 11.4 Å². The second-order valence-electron chi connectivity index (χ2n) is 8.22. The van der Waals surface area contributed by atoms with Crippen LogP contribution in [-0.4, -0.2) is 58.5 Å². The maximum absolute atomic E-state index is 12.7. The number of carbonyl (C=O) groups excluding carboxylic acids is 3. The molecule has 0 aliphatic rings. The van der Waals surface area contributed by atoms with Crippen molar-refractivity contribution in [1.82, 2.24) is 14.8 Å². The Hall–Kier alpha value is -3.38. The molecule has 2 aromatic heterocycles. The molecule has 0 saturated carbocycles. The van der Waals surface area contributed by atoms with E-state index < -0.39 is 11.9 Å². The summed E-state index contributed by atoms with van der Waals surface area (Å²) in [6.07, 6.45) is -0.359. The van der Waals surface area contributed by atoms with Gasteiger partial charge in [-0.1, -0.05) is 11.8 Å². The zero-order valence-electron chi connectivity index (χ0n) is 20.4. The largest absolute Gasteiger partial charge is 0.459 e. The highest BCUT2D eigenvalue weighted by Gasteiger charge is 2.26. The van der Waals surface area contributed by atoms with Gasteiger partial charge in [0.2, 0.25) is 5.91 Å². The summed E-state index contributed by atoms with van der Waals surface area (Å²) < 4.78 is 7.09. The van der Waals surface area contributed by atoms with Gasteiger partial charge < -0.3 is 25.3 Å². The van der Waals surface area contributed by atoms with Crippen LogP contribution in [0.3, 0.4) is 0 Å². The van der Waals surface area contributed by atoms with Crippen LogP contribution in [0.1, 0.15) is 39.4 Å². The van der Waals surface area contributed by atoms with Gasteiger partial charge in [-0.3, -0.25) is 9.59 Å². The summed E-state index contributed by atoms with van der Waals surface area (Å²) in [4.78, 5) is 39.3. The molecular weight excluding hydrogens is 488 g/mol. The van der Waals surface area contributed by atoms with E-state index in [1.807, 2.05) is 54.9 Å². The van der Waals surface area contributed by atoms with Crippen LogP contribution >= 0.6 is 23.1 Å². The molecule has 0 atom stereocenters. The summed E-state index contributed by atoms with van der Waals surface area (Å²) in [6.45, 7) is 5.04. The number of primary amides is 1. The van der Waals surface area contributed by atoms with Crippen molar-refractivity contribution >= 4 is 51.6 Å². The number of nitrogens with one attached hydrogen (secondary N) is 1. The second kappa shape index (κ2) is 10.9. The Bertz CT molecular complexity index is 1250. The molecule has 0 saturated heterocycles. The smallest absolute Gasteiger partial charge is 0.341 e. The minimum Gasteiger partial charge on any atom is -0.459 e. The van der Waals surface area contributed by atoms with E-state index in [1.54, 1.807) is 20.8 Å². The van der Waals surface area contributed by atoms with Crippen LogP contribution in [-0.2, 0) is 16.6 Å². The van der Waals surface area contributed by atoms with Gasteiger partial charge in [0.1, 0.15) is 5.00 Å².